The molecular formula is H2Fe2O4. The van der Waals surface area contributed by atoms with Gasteiger partial charge in [-0.05, 0) is 0 Å². The molecule has 42 valence electrons. The molecule has 0 radical (unpaired) electrons. The monoisotopic (exact) mass is 178 g/mol. The van der Waals surface area contributed by atoms with E-state index in [4.69, 9.17) is 7.67 Å². The third-order valence-corrected chi connectivity index (χ3v) is 0.708. The third kappa shape index (κ3) is 8.82. The van der Waals surface area contributed by atoms with E-state index in [0.717, 1.165) is 0 Å². The molecule has 0 saturated heterocycles. The van der Waals surface area contributed by atoms with Crippen molar-refractivity contribution in [2.45, 2.75) is 0 Å². The molecule has 2 N–H and O–H groups in total. The molecule has 0 aromatic heterocycles. The van der Waals surface area contributed by atoms with E-state index < -0.39 is 30.4 Å². The van der Waals surface area contributed by atoms with Crippen molar-refractivity contribution in [3.8, 4) is 0 Å². The molecule has 0 amide bonds. The molecule has 4 nitrogen and oxygen atoms in total. The summed E-state index contributed by atoms with van der Waals surface area (Å²) >= 11 is -1.44. The van der Waals surface area contributed by atoms with Gasteiger partial charge in [-0.25, -0.2) is 0 Å². The fourth-order valence-electron chi connectivity index (χ4n) is 0.00851. The molecular weight excluding hydrogens is 176 g/mol. The predicted molar refractivity (Wildman–Crippen MR) is 6.07 cm³/mol. The summed E-state index contributed by atoms with van der Waals surface area (Å²) in [5.74, 6) is 0. The maximum atomic E-state index is 9.11. The predicted octanol–water partition coefficient (Wildman–Crippen LogP) is -1.14. The van der Waals surface area contributed by atoms with Crippen LogP contribution < -0.4 is 0 Å². The second-order valence-electron chi connectivity index (χ2n) is 0.169. The molecule has 0 bridgehead atoms. The normalized spacial score (nSPS) is 6.67. The van der Waals surface area contributed by atoms with Crippen LogP contribution in [0.25, 0.3) is 0 Å². The molecule has 6 heteroatoms. The van der Waals surface area contributed by atoms with Crippen molar-refractivity contribution in [2.75, 3.05) is 0 Å². The van der Waals surface area contributed by atoms with Crippen molar-refractivity contribution < 1.29 is 46.5 Å². The summed E-state index contributed by atoms with van der Waals surface area (Å²) in [5.41, 5.74) is 0. The minimum atomic E-state index is -0.719. The SMILES string of the molecule is O.[O]=[Fe][O][Fe]=[O]. The molecule has 0 aromatic rings. The molecule has 0 aromatic carbocycles. The van der Waals surface area contributed by atoms with Crippen LogP contribution in [-0.4, -0.2) is 5.48 Å². The topological polar surface area (TPSA) is 74.9 Å². The van der Waals surface area contributed by atoms with Crippen LogP contribution in [0.4, 0.5) is 0 Å². The Kier molecular flexibility index (Phi) is 14.8. The number of hydrogen-bond donors (Lipinski definition) is 0. The first-order chi connectivity index (χ1) is 2.41. The van der Waals surface area contributed by atoms with E-state index in [0.29, 0.717) is 0 Å². The van der Waals surface area contributed by atoms with Gasteiger partial charge in [-0.3, -0.25) is 0 Å². The minimum absolute atomic E-state index is 0. The van der Waals surface area contributed by atoms with Gasteiger partial charge in [-0.15, -0.1) is 0 Å². The van der Waals surface area contributed by atoms with Gasteiger partial charge in [0.2, 0.25) is 0 Å². The summed E-state index contributed by atoms with van der Waals surface area (Å²) in [6.45, 7) is 0. The van der Waals surface area contributed by atoms with Crippen LogP contribution in [-0.2, 0) is 41.0 Å². The van der Waals surface area contributed by atoms with Crippen molar-refractivity contribution in [2.24, 2.45) is 0 Å². The average Bonchev–Trinajstić information content (AvgIpc) is 1.41. The Balaban J connectivity index is 0. The Morgan fingerprint density at radius 3 is 1.50 bits per heavy atom. The zero-order valence-corrected chi connectivity index (χ0v) is 4.64. The zero-order valence-electron chi connectivity index (χ0n) is 2.43. The fraction of sp³-hybridized carbons (Fsp3) is 0. The van der Waals surface area contributed by atoms with E-state index in [2.05, 4.69) is 2.90 Å². The van der Waals surface area contributed by atoms with Crippen molar-refractivity contribution in [3.05, 3.63) is 0 Å². The molecule has 0 heterocycles. The molecule has 0 aliphatic rings. The molecule has 0 saturated carbocycles. The Hall–Kier alpha value is 0.559. The number of rotatable bonds is 2. The Labute approximate surface area is 46.9 Å². The Morgan fingerprint density at radius 2 is 1.50 bits per heavy atom. The third-order valence-electron chi connectivity index (χ3n) is 0.0417. The van der Waals surface area contributed by atoms with E-state index in [1.165, 1.54) is 0 Å². The second kappa shape index (κ2) is 9.12. The molecule has 0 spiro atoms. The molecule has 0 aliphatic heterocycles. The van der Waals surface area contributed by atoms with Crippen LogP contribution in [0.3, 0.4) is 0 Å². The molecule has 0 aliphatic carbocycles. The fourth-order valence-corrected chi connectivity index (χ4v) is 0.145. The van der Waals surface area contributed by atoms with Gasteiger partial charge in [0, 0.05) is 0 Å². The average molecular weight is 178 g/mol. The van der Waals surface area contributed by atoms with E-state index in [9.17, 15) is 0 Å². The van der Waals surface area contributed by atoms with Crippen LogP contribution in [0.15, 0.2) is 0 Å². The van der Waals surface area contributed by atoms with Crippen LogP contribution in [0.5, 0.6) is 0 Å². The summed E-state index contributed by atoms with van der Waals surface area (Å²) in [4.78, 5) is 0. The first kappa shape index (κ1) is 9.75. The zero-order chi connectivity index (χ0) is 4.12. The van der Waals surface area contributed by atoms with Gasteiger partial charge < -0.3 is 5.48 Å². The Morgan fingerprint density at radius 1 is 1.17 bits per heavy atom. The van der Waals surface area contributed by atoms with Crippen LogP contribution in [0, 0.1) is 0 Å². The van der Waals surface area contributed by atoms with E-state index in [1.807, 2.05) is 0 Å². The van der Waals surface area contributed by atoms with Crippen molar-refractivity contribution in [1.29, 1.82) is 0 Å². The number of hydrogen-bond acceptors (Lipinski definition) is 3. The summed E-state index contributed by atoms with van der Waals surface area (Å²) < 4.78 is 21.9. The summed E-state index contributed by atoms with van der Waals surface area (Å²) in [6, 6.07) is 0. The van der Waals surface area contributed by atoms with Gasteiger partial charge in [-0.2, -0.15) is 0 Å². The van der Waals surface area contributed by atoms with Crippen LogP contribution in [0.1, 0.15) is 0 Å². The first-order valence-electron chi connectivity index (χ1n) is 0.577. The van der Waals surface area contributed by atoms with Gasteiger partial charge in [0.1, 0.15) is 0 Å². The second-order valence-corrected chi connectivity index (χ2v) is 1.35. The molecule has 0 atom stereocenters. The van der Waals surface area contributed by atoms with E-state index in [1.54, 1.807) is 0 Å². The van der Waals surface area contributed by atoms with Crippen LogP contribution in [0.2, 0.25) is 0 Å². The van der Waals surface area contributed by atoms with Gasteiger partial charge in [0.15, 0.2) is 0 Å². The first-order valence-corrected chi connectivity index (χ1v) is 2.38. The quantitative estimate of drug-likeness (QED) is 0.501. The maximum absolute atomic E-state index is 9.11. The van der Waals surface area contributed by atoms with E-state index in [-0.39, 0.29) is 5.48 Å². The van der Waals surface area contributed by atoms with Crippen molar-refractivity contribution >= 4 is 0 Å². The molecule has 6 heavy (non-hydrogen) atoms. The summed E-state index contributed by atoms with van der Waals surface area (Å²) in [5, 5.41) is 0. The molecule has 0 unspecified atom stereocenters. The van der Waals surface area contributed by atoms with E-state index >= 15 is 0 Å². The van der Waals surface area contributed by atoms with Gasteiger partial charge in [0.25, 0.3) is 0 Å². The van der Waals surface area contributed by atoms with Gasteiger partial charge in [0.05, 0.1) is 0 Å². The molecule has 0 rings (SSSR count). The van der Waals surface area contributed by atoms with Crippen molar-refractivity contribution in [1.82, 2.24) is 0 Å². The Bertz CT molecular complexity index is 34.8. The standard InChI is InChI=1S/2Fe.H2O.3O/h;;1H2;;;. The van der Waals surface area contributed by atoms with Crippen molar-refractivity contribution in [3.63, 3.8) is 0 Å². The van der Waals surface area contributed by atoms with Gasteiger partial charge >= 0.3 is 41.0 Å². The summed E-state index contributed by atoms with van der Waals surface area (Å²) in [7, 11) is 0. The molecule has 0 fully saturated rings. The van der Waals surface area contributed by atoms with Gasteiger partial charge in [-0.1, -0.05) is 0 Å². The summed E-state index contributed by atoms with van der Waals surface area (Å²) in [6.07, 6.45) is 0. The van der Waals surface area contributed by atoms with Crippen LogP contribution >= 0.6 is 0 Å².